The summed E-state index contributed by atoms with van der Waals surface area (Å²) in [7, 11) is 0. The van der Waals surface area contributed by atoms with Crippen molar-refractivity contribution in [2.45, 2.75) is 37.4 Å². The number of aromatic amines is 1. The zero-order chi connectivity index (χ0) is 18.1. The SMILES string of the molecule is C=CCc1cn([C@@H]2OC(CCP(=C)(C)C)[C@@H](O)[C@H]2O)c(=O)[nH]c1=O. The molecule has 0 spiro atoms. The second-order valence-electron chi connectivity index (χ2n) is 6.81. The van der Waals surface area contributed by atoms with Crippen molar-refractivity contribution in [1.82, 2.24) is 9.55 Å². The van der Waals surface area contributed by atoms with E-state index in [4.69, 9.17) is 4.74 Å². The topological polar surface area (TPSA) is 105 Å². The fourth-order valence-corrected chi connectivity index (χ4v) is 3.64. The molecule has 0 amide bonds. The van der Waals surface area contributed by atoms with Crippen LogP contribution in [0.4, 0.5) is 0 Å². The average Bonchev–Trinajstić information content (AvgIpc) is 2.75. The van der Waals surface area contributed by atoms with Gasteiger partial charge in [-0.05, 0) is 32.3 Å². The molecule has 0 saturated carbocycles. The van der Waals surface area contributed by atoms with Gasteiger partial charge in [-0.3, -0.25) is 14.3 Å². The van der Waals surface area contributed by atoms with Gasteiger partial charge in [0.1, 0.15) is 12.2 Å². The Morgan fingerprint density at radius 1 is 1.38 bits per heavy atom. The van der Waals surface area contributed by atoms with E-state index in [9.17, 15) is 19.8 Å². The molecule has 1 aromatic heterocycles. The van der Waals surface area contributed by atoms with Gasteiger partial charge in [0.15, 0.2) is 6.23 Å². The van der Waals surface area contributed by atoms with Gasteiger partial charge in [-0.25, -0.2) is 4.79 Å². The van der Waals surface area contributed by atoms with Crippen molar-refractivity contribution < 1.29 is 14.9 Å². The Kier molecular flexibility index (Phi) is 5.71. The predicted molar refractivity (Wildman–Crippen MR) is 96.5 cm³/mol. The van der Waals surface area contributed by atoms with Crippen molar-refractivity contribution in [1.29, 1.82) is 0 Å². The molecule has 0 aliphatic carbocycles. The summed E-state index contributed by atoms with van der Waals surface area (Å²) in [6, 6.07) is 0. The van der Waals surface area contributed by atoms with E-state index < -0.39 is 42.7 Å². The highest BCUT2D eigenvalue weighted by molar-refractivity contribution is 7.72. The molecule has 2 rings (SSSR count). The third-order valence-corrected chi connectivity index (χ3v) is 5.50. The van der Waals surface area contributed by atoms with E-state index in [-0.39, 0.29) is 6.42 Å². The first-order valence-corrected chi connectivity index (χ1v) is 10.8. The Labute approximate surface area is 140 Å². The fourth-order valence-electron chi connectivity index (χ4n) is 2.69. The summed E-state index contributed by atoms with van der Waals surface area (Å²) in [5, 5.41) is 20.5. The zero-order valence-corrected chi connectivity index (χ0v) is 14.9. The summed E-state index contributed by atoms with van der Waals surface area (Å²) < 4.78 is 6.85. The fraction of sp³-hybridized carbons (Fsp3) is 0.562. The monoisotopic (exact) mass is 356 g/mol. The molecule has 1 unspecified atom stereocenters. The quantitative estimate of drug-likeness (QED) is 0.491. The second kappa shape index (κ2) is 7.23. The average molecular weight is 356 g/mol. The molecule has 4 atom stereocenters. The van der Waals surface area contributed by atoms with Crippen LogP contribution in [-0.4, -0.2) is 63.9 Å². The molecule has 8 heteroatoms. The maximum Gasteiger partial charge on any atom is 0.330 e. The van der Waals surface area contributed by atoms with Gasteiger partial charge in [0.05, 0.1) is 6.10 Å². The molecule has 0 radical (unpaired) electrons. The number of aliphatic hydroxyl groups excluding tert-OH is 2. The van der Waals surface area contributed by atoms with Crippen molar-refractivity contribution >= 4 is 13.2 Å². The summed E-state index contributed by atoms with van der Waals surface area (Å²) in [4.78, 5) is 26.0. The van der Waals surface area contributed by atoms with Crippen LogP contribution < -0.4 is 11.2 Å². The number of hydrogen-bond acceptors (Lipinski definition) is 5. The molecule has 1 aromatic rings. The molecule has 3 N–H and O–H groups in total. The van der Waals surface area contributed by atoms with Gasteiger partial charge in [0.25, 0.3) is 5.56 Å². The van der Waals surface area contributed by atoms with E-state index in [1.165, 1.54) is 6.20 Å². The lowest BCUT2D eigenvalue weighted by Crippen LogP contribution is -2.38. The van der Waals surface area contributed by atoms with Crippen LogP contribution in [0.15, 0.2) is 28.4 Å². The lowest BCUT2D eigenvalue weighted by molar-refractivity contribution is -0.0403. The number of nitrogens with one attached hydrogen (secondary N) is 1. The molecule has 24 heavy (non-hydrogen) atoms. The molecule has 2 heterocycles. The van der Waals surface area contributed by atoms with Crippen LogP contribution in [0.3, 0.4) is 0 Å². The van der Waals surface area contributed by atoms with Crippen molar-refractivity contribution in [3.63, 3.8) is 0 Å². The van der Waals surface area contributed by atoms with Crippen LogP contribution >= 0.6 is 6.89 Å². The number of H-pyrrole nitrogens is 1. The molecule has 0 aromatic carbocycles. The molecule has 1 aliphatic heterocycles. The highest BCUT2D eigenvalue weighted by Crippen LogP contribution is 2.39. The minimum Gasteiger partial charge on any atom is -0.388 e. The number of rotatable bonds is 6. The van der Waals surface area contributed by atoms with Crippen molar-refractivity contribution in [2.75, 3.05) is 19.5 Å². The predicted octanol–water partition coefficient (Wildman–Crippen LogP) is -0.0164. The maximum atomic E-state index is 12.1. The van der Waals surface area contributed by atoms with Crippen LogP contribution in [0.5, 0.6) is 0 Å². The van der Waals surface area contributed by atoms with E-state index >= 15 is 0 Å². The van der Waals surface area contributed by atoms with Gasteiger partial charge in [-0.2, -0.15) is 0 Å². The maximum absolute atomic E-state index is 12.1. The minimum atomic E-state index is -1.29. The van der Waals surface area contributed by atoms with Crippen LogP contribution in [0.25, 0.3) is 0 Å². The molecular weight excluding hydrogens is 331 g/mol. The van der Waals surface area contributed by atoms with Crippen LogP contribution in [0.1, 0.15) is 18.2 Å². The summed E-state index contributed by atoms with van der Waals surface area (Å²) in [5.41, 5.74) is -0.845. The molecular formula is C16H25N2O5P. The van der Waals surface area contributed by atoms with Crippen LogP contribution in [0.2, 0.25) is 0 Å². The molecule has 134 valence electrons. The largest absolute Gasteiger partial charge is 0.388 e. The standard InChI is InChI=1S/C16H25N2O5P/c1-5-6-10-9-18(16(22)17-14(10)21)15-13(20)12(19)11(23-15)7-8-24(2,3)4/h5,9,11-13,15,19-20H,1-2,6-8H2,3-4H3,(H,17,21,22)/t11?,12-,13-,15-/m1/s1. The summed E-state index contributed by atoms with van der Waals surface area (Å²) >= 11 is 0. The van der Waals surface area contributed by atoms with Crippen molar-refractivity contribution in [2.24, 2.45) is 0 Å². The molecule has 0 bridgehead atoms. The third-order valence-electron chi connectivity index (χ3n) is 4.04. The second-order valence-corrected chi connectivity index (χ2v) is 11.1. The molecule has 1 saturated heterocycles. The zero-order valence-electron chi connectivity index (χ0n) is 14.0. The number of aromatic nitrogens is 2. The highest BCUT2D eigenvalue weighted by atomic mass is 31.2. The van der Waals surface area contributed by atoms with Gasteiger partial charge < -0.3 is 14.9 Å². The van der Waals surface area contributed by atoms with Gasteiger partial charge >= 0.3 is 5.69 Å². The van der Waals surface area contributed by atoms with Crippen molar-refractivity contribution in [3.8, 4) is 0 Å². The van der Waals surface area contributed by atoms with Gasteiger partial charge in [-0.1, -0.05) is 6.08 Å². The minimum absolute atomic E-state index is 0.282. The highest BCUT2D eigenvalue weighted by Gasteiger charge is 2.43. The van der Waals surface area contributed by atoms with E-state index in [0.29, 0.717) is 12.0 Å². The number of allylic oxidation sites excluding steroid dienone is 1. The van der Waals surface area contributed by atoms with E-state index in [2.05, 4.69) is 31.2 Å². The van der Waals surface area contributed by atoms with Gasteiger partial charge in [-0.15, -0.1) is 19.8 Å². The summed E-state index contributed by atoms with van der Waals surface area (Å²) in [6.45, 7) is 6.44. The third kappa shape index (κ3) is 4.16. The Balaban J connectivity index is 2.28. The molecule has 1 fully saturated rings. The Morgan fingerprint density at radius 2 is 2.04 bits per heavy atom. The lowest BCUT2D eigenvalue weighted by Gasteiger charge is -2.19. The number of nitrogens with zero attached hydrogens (tertiary/aromatic N) is 1. The first-order chi connectivity index (χ1) is 11.1. The van der Waals surface area contributed by atoms with E-state index in [1.807, 2.05) is 0 Å². The van der Waals surface area contributed by atoms with Crippen LogP contribution in [0, 0.1) is 0 Å². The van der Waals surface area contributed by atoms with E-state index in [1.54, 1.807) is 6.08 Å². The summed E-state index contributed by atoms with van der Waals surface area (Å²) in [5.74, 6) is 0. The molecule has 1 aliphatic rings. The van der Waals surface area contributed by atoms with E-state index in [0.717, 1.165) is 10.7 Å². The first kappa shape index (κ1) is 18.9. The van der Waals surface area contributed by atoms with Gasteiger partial charge in [0.2, 0.25) is 0 Å². The first-order valence-electron chi connectivity index (χ1n) is 7.78. The Hall–Kier alpha value is -1.40. The smallest absolute Gasteiger partial charge is 0.330 e. The summed E-state index contributed by atoms with van der Waals surface area (Å²) in [6.07, 6.45) is 4.69. The Bertz CT molecular complexity index is 762. The number of aliphatic hydroxyl groups is 2. The van der Waals surface area contributed by atoms with Gasteiger partial charge in [0, 0.05) is 11.8 Å². The van der Waals surface area contributed by atoms with Crippen LogP contribution in [-0.2, 0) is 11.2 Å². The normalized spacial score (nSPS) is 27.3. The van der Waals surface area contributed by atoms with Crippen molar-refractivity contribution in [3.05, 3.63) is 45.3 Å². The Morgan fingerprint density at radius 3 is 2.62 bits per heavy atom. The number of ether oxygens (including phenoxy) is 1. The number of hydrogen-bond donors (Lipinski definition) is 3. The lowest BCUT2D eigenvalue weighted by atomic mass is 10.1. The molecule has 7 nitrogen and oxygen atoms in total.